The first-order valence-electron chi connectivity index (χ1n) is 6.95. The highest BCUT2D eigenvalue weighted by Gasteiger charge is 2.11. The van der Waals surface area contributed by atoms with E-state index in [1.54, 1.807) is 29.3 Å². The van der Waals surface area contributed by atoms with Crippen molar-refractivity contribution in [3.05, 3.63) is 64.8 Å². The third-order valence-corrected chi connectivity index (χ3v) is 3.71. The second-order valence-electron chi connectivity index (χ2n) is 4.99. The van der Waals surface area contributed by atoms with Crippen LogP contribution in [0.5, 0.6) is 0 Å². The van der Waals surface area contributed by atoms with Crippen LogP contribution in [0.2, 0.25) is 0 Å². The number of nitrogens with zero attached hydrogens (tertiary/aromatic N) is 4. The Morgan fingerprint density at radius 3 is 2.96 bits per heavy atom. The Morgan fingerprint density at radius 1 is 1.35 bits per heavy atom. The molecule has 0 aromatic carbocycles. The predicted molar refractivity (Wildman–Crippen MR) is 89.5 cm³/mol. The smallest absolute Gasteiger partial charge is 0.253 e. The monoisotopic (exact) mass is 371 g/mol. The van der Waals surface area contributed by atoms with Gasteiger partial charge in [0.1, 0.15) is 0 Å². The van der Waals surface area contributed by atoms with E-state index in [0.29, 0.717) is 12.1 Å². The Hall–Kier alpha value is -2.54. The van der Waals surface area contributed by atoms with Crippen molar-refractivity contribution in [3.63, 3.8) is 0 Å². The number of aromatic nitrogens is 4. The number of carbonyl (C=O) groups excluding carboxylic acids is 1. The summed E-state index contributed by atoms with van der Waals surface area (Å²) in [5.41, 5.74) is 3.16. The number of carbonyl (C=O) groups is 1. The molecule has 6 nitrogen and oxygen atoms in total. The largest absolute Gasteiger partial charge is 0.348 e. The Morgan fingerprint density at radius 2 is 2.22 bits per heavy atom. The van der Waals surface area contributed by atoms with Crippen LogP contribution >= 0.6 is 15.9 Å². The summed E-state index contributed by atoms with van der Waals surface area (Å²) in [7, 11) is 1.86. The highest BCUT2D eigenvalue weighted by atomic mass is 79.9. The highest BCUT2D eigenvalue weighted by molar-refractivity contribution is 9.10. The van der Waals surface area contributed by atoms with Gasteiger partial charge in [0.15, 0.2) is 0 Å². The average molecular weight is 372 g/mol. The molecule has 0 spiro atoms. The minimum absolute atomic E-state index is 0.181. The van der Waals surface area contributed by atoms with Crippen LogP contribution in [-0.2, 0) is 13.6 Å². The van der Waals surface area contributed by atoms with Crippen molar-refractivity contribution >= 4 is 21.8 Å². The van der Waals surface area contributed by atoms with Crippen molar-refractivity contribution in [2.24, 2.45) is 7.05 Å². The molecule has 7 heteroatoms. The summed E-state index contributed by atoms with van der Waals surface area (Å²) in [5.74, 6) is -0.181. The van der Waals surface area contributed by atoms with Crippen LogP contribution in [-0.4, -0.2) is 25.7 Å². The van der Waals surface area contributed by atoms with Crippen LogP contribution in [0.15, 0.2) is 53.7 Å². The lowest BCUT2D eigenvalue weighted by atomic mass is 10.1. The van der Waals surface area contributed by atoms with E-state index < -0.39 is 0 Å². The molecule has 3 aromatic heterocycles. The summed E-state index contributed by atoms with van der Waals surface area (Å²) in [4.78, 5) is 20.6. The van der Waals surface area contributed by atoms with Crippen LogP contribution < -0.4 is 5.32 Å². The van der Waals surface area contributed by atoms with Crippen LogP contribution in [0, 0.1) is 0 Å². The van der Waals surface area contributed by atoms with Crippen molar-refractivity contribution in [1.29, 1.82) is 0 Å². The minimum atomic E-state index is -0.181. The van der Waals surface area contributed by atoms with Gasteiger partial charge in [-0.05, 0) is 33.6 Å². The molecule has 0 unspecified atom stereocenters. The summed E-state index contributed by atoms with van der Waals surface area (Å²) < 4.78 is 2.49. The fourth-order valence-corrected chi connectivity index (χ4v) is 2.56. The fourth-order valence-electron chi connectivity index (χ4n) is 2.20. The average Bonchev–Trinajstić information content (AvgIpc) is 2.99. The first-order valence-corrected chi connectivity index (χ1v) is 7.74. The lowest BCUT2D eigenvalue weighted by molar-refractivity contribution is 0.0950. The van der Waals surface area contributed by atoms with Gasteiger partial charge >= 0.3 is 0 Å². The normalized spacial score (nSPS) is 10.5. The van der Waals surface area contributed by atoms with E-state index in [1.165, 1.54) is 6.20 Å². The topological polar surface area (TPSA) is 72.7 Å². The zero-order valence-corrected chi connectivity index (χ0v) is 14.0. The maximum Gasteiger partial charge on any atom is 0.253 e. The molecule has 0 saturated carbocycles. The van der Waals surface area contributed by atoms with Crippen LogP contribution in [0.4, 0.5) is 0 Å². The Kier molecular flexibility index (Phi) is 4.47. The van der Waals surface area contributed by atoms with Crippen molar-refractivity contribution in [2.45, 2.75) is 6.54 Å². The van der Waals surface area contributed by atoms with E-state index in [-0.39, 0.29) is 5.91 Å². The summed E-state index contributed by atoms with van der Waals surface area (Å²) in [6.45, 7) is 0.378. The molecular weight excluding hydrogens is 358 g/mol. The standard InChI is InChI=1S/C16H14BrN5O/c1-22-10-13(8-21-22)15-11(3-2-4-19-15)7-20-16(23)12-5-14(17)9-18-6-12/h2-6,8-10H,7H2,1H3,(H,20,23). The molecule has 0 fully saturated rings. The molecule has 1 N–H and O–H groups in total. The molecule has 0 aliphatic carbocycles. The lowest BCUT2D eigenvalue weighted by Gasteiger charge is -2.09. The molecule has 0 aliphatic heterocycles. The van der Waals surface area contributed by atoms with Crippen LogP contribution in [0.1, 0.15) is 15.9 Å². The van der Waals surface area contributed by atoms with E-state index in [4.69, 9.17) is 0 Å². The zero-order chi connectivity index (χ0) is 16.2. The highest BCUT2D eigenvalue weighted by Crippen LogP contribution is 2.20. The van der Waals surface area contributed by atoms with E-state index in [1.807, 2.05) is 25.4 Å². The van der Waals surface area contributed by atoms with Gasteiger partial charge in [-0.3, -0.25) is 19.4 Å². The van der Waals surface area contributed by atoms with E-state index >= 15 is 0 Å². The van der Waals surface area contributed by atoms with Gasteiger partial charge in [0, 0.05) is 48.4 Å². The van der Waals surface area contributed by atoms with Gasteiger partial charge in [0.25, 0.3) is 5.91 Å². The molecule has 3 rings (SSSR count). The summed E-state index contributed by atoms with van der Waals surface area (Å²) in [6.07, 6.45) is 8.55. The summed E-state index contributed by atoms with van der Waals surface area (Å²) in [6, 6.07) is 5.52. The Bertz CT molecular complexity index is 846. The van der Waals surface area contributed by atoms with Crippen LogP contribution in [0.3, 0.4) is 0 Å². The van der Waals surface area contributed by atoms with Gasteiger partial charge in [0.05, 0.1) is 17.5 Å². The van der Waals surface area contributed by atoms with Crippen molar-refractivity contribution in [3.8, 4) is 11.3 Å². The number of aryl methyl sites for hydroxylation is 1. The van der Waals surface area contributed by atoms with Crippen molar-refractivity contribution < 1.29 is 4.79 Å². The van der Waals surface area contributed by atoms with Gasteiger partial charge < -0.3 is 5.32 Å². The number of hydrogen-bond acceptors (Lipinski definition) is 4. The number of pyridine rings is 2. The molecule has 116 valence electrons. The molecule has 0 bridgehead atoms. The first-order chi connectivity index (χ1) is 11.1. The van der Waals surface area contributed by atoms with Gasteiger partial charge in [0.2, 0.25) is 0 Å². The van der Waals surface area contributed by atoms with Gasteiger partial charge in [-0.25, -0.2) is 0 Å². The van der Waals surface area contributed by atoms with E-state index in [9.17, 15) is 4.79 Å². The van der Waals surface area contributed by atoms with Gasteiger partial charge in [-0.15, -0.1) is 0 Å². The quantitative estimate of drug-likeness (QED) is 0.764. The molecule has 3 heterocycles. The maximum absolute atomic E-state index is 12.2. The molecule has 23 heavy (non-hydrogen) atoms. The van der Waals surface area contributed by atoms with E-state index in [2.05, 4.69) is 36.3 Å². The van der Waals surface area contributed by atoms with E-state index in [0.717, 1.165) is 21.3 Å². The third-order valence-electron chi connectivity index (χ3n) is 3.28. The van der Waals surface area contributed by atoms with Crippen molar-refractivity contribution in [2.75, 3.05) is 0 Å². The van der Waals surface area contributed by atoms with Gasteiger partial charge in [-0.2, -0.15) is 5.10 Å². The second kappa shape index (κ2) is 6.70. The SMILES string of the molecule is Cn1cc(-c2ncccc2CNC(=O)c2cncc(Br)c2)cn1. The maximum atomic E-state index is 12.2. The molecule has 1 amide bonds. The number of hydrogen-bond donors (Lipinski definition) is 1. The number of rotatable bonds is 4. The van der Waals surface area contributed by atoms with Gasteiger partial charge in [-0.1, -0.05) is 6.07 Å². The third kappa shape index (κ3) is 3.62. The second-order valence-corrected chi connectivity index (χ2v) is 5.90. The minimum Gasteiger partial charge on any atom is -0.348 e. The molecule has 0 aliphatic rings. The van der Waals surface area contributed by atoms with Crippen molar-refractivity contribution in [1.82, 2.24) is 25.1 Å². The molecule has 3 aromatic rings. The molecule has 0 radical (unpaired) electrons. The molecule has 0 saturated heterocycles. The zero-order valence-electron chi connectivity index (χ0n) is 12.4. The summed E-state index contributed by atoms with van der Waals surface area (Å²) >= 11 is 3.31. The number of nitrogens with one attached hydrogen (secondary N) is 1. The molecular formula is C16H14BrN5O. The first kappa shape index (κ1) is 15.4. The summed E-state index contributed by atoms with van der Waals surface area (Å²) in [5, 5.41) is 7.05. The van der Waals surface area contributed by atoms with Crippen LogP contribution in [0.25, 0.3) is 11.3 Å². The number of halogens is 1. The Labute approximate surface area is 141 Å². The lowest BCUT2D eigenvalue weighted by Crippen LogP contribution is -2.23. The number of amides is 1. The predicted octanol–water partition coefficient (Wildman–Crippen LogP) is 2.57. The fraction of sp³-hybridized carbons (Fsp3) is 0.125. The Balaban J connectivity index is 1.77. The molecule has 0 atom stereocenters.